The number of aromatic nitrogens is 2. The van der Waals surface area contributed by atoms with Gasteiger partial charge < -0.3 is 5.32 Å². The number of carbonyl (C=O) groups excluding carboxylic acids is 3. The van der Waals surface area contributed by atoms with Gasteiger partial charge in [-0.2, -0.15) is 18.3 Å². The van der Waals surface area contributed by atoms with Crippen molar-refractivity contribution < 1.29 is 27.6 Å². The predicted octanol–water partition coefficient (Wildman–Crippen LogP) is 5.68. The normalized spacial score (nSPS) is 15.8. The number of fused-ring (bicyclic) bond motifs is 1. The van der Waals surface area contributed by atoms with E-state index in [0.29, 0.717) is 10.8 Å². The maximum atomic E-state index is 13.8. The largest absolute Gasteiger partial charge is 0.416 e. The van der Waals surface area contributed by atoms with E-state index in [1.54, 1.807) is 22.9 Å². The smallest absolute Gasteiger partial charge is 0.346 e. The van der Waals surface area contributed by atoms with Crippen molar-refractivity contribution >= 4 is 29.1 Å². The monoisotopic (exact) mass is 578 g/mol. The Morgan fingerprint density at radius 3 is 2.39 bits per heavy atom. The van der Waals surface area contributed by atoms with E-state index in [1.165, 1.54) is 41.7 Å². The summed E-state index contributed by atoms with van der Waals surface area (Å²) in [5.41, 5.74) is 2.48. The highest BCUT2D eigenvalue weighted by atomic mass is 32.1. The minimum Gasteiger partial charge on any atom is -0.346 e. The fraction of sp³-hybridized carbons (Fsp3) is 0.267. The van der Waals surface area contributed by atoms with Crippen LogP contribution in [0.4, 0.5) is 13.2 Å². The number of imide groups is 1. The number of thiophene rings is 1. The first-order chi connectivity index (χ1) is 19.6. The van der Waals surface area contributed by atoms with Crippen LogP contribution in [0.3, 0.4) is 0 Å². The van der Waals surface area contributed by atoms with Gasteiger partial charge in [-0.3, -0.25) is 24.0 Å². The minimum atomic E-state index is -4.61. The fourth-order valence-electron chi connectivity index (χ4n) is 5.36. The molecule has 2 aromatic carbocycles. The summed E-state index contributed by atoms with van der Waals surface area (Å²) in [7, 11) is 1.84. The van der Waals surface area contributed by atoms with Crippen LogP contribution in [0.2, 0.25) is 0 Å². The zero-order valence-electron chi connectivity index (χ0n) is 21.9. The van der Waals surface area contributed by atoms with Crippen LogP contribution in [0.1, 0.15) is 65.8 Å². The predicted molar refractivity (Wildman–Crippen MR) is 147 cm³/mol. The third-order valence-corrected chi connectivity index (χ3v) is 8.42. The first kappa shape index (κ1) is 26.9. The highest BCUT2D eigenvalue weighted by molar-refractivity contribution is 7.12. The Labute approximate surface area is 237 Å². The number of hydrogen-bond acceptors (Lipinski definition) is 5. The SMILES string of the molecule is Cn1ncc(C2CC2)c1-c1csc(C(=O)N[C@@H](Cc2ccccc2C(F)(F)F)CN2C(=O)c3ccccc3C2=O)c1. The summed E-state index contributed by atoms with van der Waals surface area (Å²) in [5, 5.41) is 9.05. The Bertz CT molecular complexity index is 1640. The summed E-state index contributed by atoms with van der Waals surface area (Å²) < 4.78 is 43.1. The molecule has 41 heavy (non-hydrogen) atoms. The molecule has 1 fully saturated rings. The van der Waals surface area contributed by atoms with Crippen molar-refractivity contribution in [1.29, 1.82) is 0 Å². The lowest BCUT2D eigenvalue weighted by Gasteiger charge is -2.25. The highest BCUT2D eigenvalue weighted by Gasteiger charge is 2.38. The van der Waals surface area contributed by atoms with E-state index < -0.39 is 35.5 Å². The molecule has 0 saturated heterocycles. The number of hydrogen-bond donors (Lipinski definition) is 1. The van der Waals surface area contributed by atoms with Crippen molar-refractivity contribution in [2.45, 2.75) is 37.4 Å². The van der Waals surface area contributed by atoms with Crippen molar-refractivity contribution in [3.05, 3.63) is 98.9 Å². The van der Waals surface area contributed by atoms with Crippen LogP contribution in [-0.2, 0) is 19.6 Å². The van der Waals surface area contributed by atoms with Gasteiger partial charge in [0.2, 0.25) is 0 Å². The van der Waals surface area contributed by atoms with Gasteiger partial charge >= 0.3 is 6.18 Å². The number of aryl methyl sites for hydroxylation is 1. The number of benzene rings is 2. The molecule has 0 unspecified atom stereocenters. The number of carbonyl (C=O) groups is 3. The lowest BCUT2D eigenvalue weighted by Crippen LogP contribution is -2.47. The lowest BCUT2D eigenvalue weighted by molar-refractivity contribution is -0.138. The number of alkyl halides is 3. The first-order valence-corrected chi connectivity index (χ1v) is 14.0. The summed E-state index contributed by atoms with van der Waals surface area (Å²) in [6, 6.07) is 12.2. The second-order valence-electron chi connectivity index (χ2n) is 10.3. The van der Waals surface area contributed by atoms with Gasteiger partial charge in [-0.1, -0.05) is 30.3 Å². The third-order valence-electron chi connectivity index (χ3n) is 7.49. The number of nitrogens with one attached hydrogen (secondary N) is 1. The van der Waals surface area contributed by atoms with Gasteiger partial charge in [0.25, 0.3) is 17.7 Å². The molecule has 11 heteroatoms. The van der Waals surface area contributed by atoms with Gasteiger partial charge in [0, 0.05) is 30.1 Å². The number of nitrogens with zero attached hydrogens (tertiary/aromatic N) is 3. The molecule has 210 valence electrons. The number of rotatable bonds is 8. The first-order valence-electron chi connectivity index (χ1n) is 13.1. The molecule has 3 amide bonds. The molecule has 2 aliphatic rings. The summed E-state index contributed by atoms with van der Waals surface area (Å²) in [4.78, 5) is 40.9. The molecule has 1 N–H and O–H groups in total. The Morgan fingerprint density at radius 1 is 1.07 bits per heavy atom. The lowest BCUT2D eigenvalue weighted by atomic mass is 9.99. The topological polar surface area (TPSA) is 84.3 Å². The van der Waals surface area contributed by atoms with E-state index in [0.717, 1.165) is 40.6 Å². The van der Waals surface area contributed by atoms with Crippen molar-refractivity contribution in [3.8, 4) is 11.3 Å². The van der Waals surface area contributed by atoms with Gasteiger partial charge in [-0.05, 0) is 55.0 Å². The molecule has 1 atom stereocenters. The molecule has 0 bridgehead atoms. The summed E-state index contributed by atoms with van der Waals surface area (Å²) >= 11 is 1.21. The second-order valence-corrected chi connectivity index (χ2v) is 11.3. The van der Waals surface area contributed by atoms with Crippen LogP contribution in [0.5, 0.6) is 0 Å². The molecule has 3 heterocycles. The van der Waals surface area contributed by atoms with Crippen LogP contribution in [0.15, 0.2) is 66.2 Å². The molecule has 4 aromatic rings. The molecule has 2 aromatic heterocycles. The van der Waals surface area contributed by atoms with Crippen molar-refractivity contribution in [2.24, 2.45) is 7.05 Å². The molecule has 0 spiro atoms. The Hall–Kier alpha value is -4.25. The van der Waals surface area contributed by atoms with Crippen LogP contribution in [0, 0.1) is 0 Å². The average Bonchev–Trinajstić information content (AvgIpc) is 3.46. The second kappa shape index (κ2) is 10.3. The van der Waals surface area contributed by atoms with Gasteiger partial charge in [-0.25, -0.2) is 0 Å². The van der Waals surface area contributed by atoms with E-state index in [2.05, 4.69) is 10.4 Å². The summed E-state index contributed by atoms with van der Waals surface area (Å²) in [5.74, 6) is -1.14. The Balaban J connectivity index is 1.28. The van der Waals surface area contributed by atoms with E-state index in [9.17, 15) is 27.6 Å². The van der Waals surface area contributed by atoms with Gasteiger partial charge in [0.1, 0.15) is 0 Å². The third kappa shape index (κ3) is 5.17. The zero-order valence-corrected chi connectivity index (χ0v) is 22.8. The van der Waals surface area contributed by atoms with E-state index in [1.807, 2.05) is 18.6 Å². The maximum absolute atomic E-state index is 13.8. The summed E-state index contributed by atoms with van der Waals surface area (Å²) in [6.07, 6.45) is -0.808. The van der Waals surface area contributed by atoms with Crippen LogP contribution in [-0.4, -0.2) is 45.0 Å². The van der Waals surface area contributed by atoms with E-state index in [4.69, 9.17) is 0 Å². The van der Waals surface area contributed by atoms with Crippen molar-refractivity contribution in [3.63, 3.8) is 0 Å². The van der Waals surface area contributed by atoms with E-state index >= 15 is 0 Å². The standard InChI is InChI=1S/C30H25F3N4O3S/c1-36-26(23(14-34-36)17-10-11-17)19-13-25(41-16-19)27(38)35-20(12-18-6-2-5-9-24(18)30(31,32)33)15-37-28(39)21-7-3-4-8-22(21)29(37)40/h2-9,13-14,16-17,20H,10-12,15H2,1H3,(H,35,38)/t20-/m0/s1. The van der Waals surface area contributed by atoms with Crippen molar-refractivity contribution in [1.82, 2.24) is 20.0 Å². The Morgan fingerprint density at radius 2 is 1.73 bits per heavy atom. The molecule has 7 nitrogen and oxygen atoms in total. The molecular formula is C30H25F3N4O3S. The van der Waals surface area contributed by atoms with Gasteiger partial charge in [0.05, 0.1) is 39.5 Å². The van der Waals surface area contributed by atoms with E-state index in [-0.39, 0.29) is 29.7 Å². The fourth-order valence-corrected chi connectivity index (χ4v) is 6.16. The molecule has 0 radical (unpaired) electrons. The van der Waals surface area contributed by atoms with Crippen molar-refractivity contribution in [2.75, 3.05) is 6.54 Å². The molecular weight excluding hydrogens is 553 g/mol. The maximum Gasteiger partial charge on any atom is 0.416 e. The molecule has 1 aliphatic heterocycles. The molecule has 6 rings (SSSR count). The minimum absolute atomic E-state index is 0.0438. The zero-order chi connectivity index (χ0) is 28.9. The molecule has 1 saturated carbocycles. The van der Waals surface area contributed by atoms with Crippen LogP contribution in [0.25, 0.3) is 11.3 Å². The Kier molecular flexibility index (Phi) is 6.77. The quantitative estimate of drug-likeness (QED) is 0.273. The van der Waals surface area contributed by atoms with Gasteiger partial charge in [0.15, 0.2) is 0 Å². The summed E-state index contributed by atoms with van der Waals surface area (Å²) in [6.45, 7) is -0.282. The van der Waals surface area contributed by atoms with Crippen LogP contribution >= 0.6 is 11.3 Å². The average molecular weight is 579 g/mol. The number of halogens is 3. The van der Waals surface area contributed by atoms with Gasteiger partial charge in [-0.15, -0.1) is 11.3 Å². The highest BCUT2D eigenvalue weighted by Crippen LogP contribution is 2.44. The van der Waals surface area contributed by atoms with Crippen LogP contribution < -0.4 is 5.32 Å². The number of amides is 3. The molecule has 1 aliphatic carbocycles.